The summed E-state index contributed by atoms with van der Waals surface area (Å²) >= 11 is 0. The molecule has 1 aliphatic rings. The molecule has 0 aromatic rings. The van der Waals surface area contributed by atoms with Gasteiger partial charge in [0.25, 0.3) is 0 Å². The van der Waals surface area contributed by atoms with Crippen LogP contribution in [0.15, 0.2) is 0 Å². The van der Waals surface area contributed by atoms with Gasteiger partial charge >= 0.3 is 0 Å². The van der Waals surface area contributed by atoms with E-state index in [1.807, 2.05) is 0 Å². The Morgan fingerprint density at radius 1 is 1.19 bits per heavy atom. The second-order valence-corrected chi connectivity index (χ2v) is 5.83. The minimum Gasteiger partial charge on any atom is -0.316 e. The van der Waals surface area contributed by atoms with Crippen molar-refractivity contribution in [3.8, 4) is 0 Å². The molecule has 2 nitrogen and oxygen atoms in total. The van der Waals surface area contributed by atoms with E-state index in [1.165, 1.54) is 58.4 Å². The van der Waals surface area contributed by atoms with Crippen LogP contribution < -0.4 is 5.32 Å². The van der Waals surface area contributed by atoms with Gasteiger partial charge in [0.2, 0.25) is 0 Å². The summed E-state index contributed by atoms with van der Waals surface area (Å²) < 4.78 is 0. The van der Waals surface area contributed by atoms with E-state index in [4.69, 9.17) is 0 Å². The molecule has 1 rings (SSSR count). The topological polar surface area (TPSA) is 15.3 Å². The van der Waals surface area contributed by atoms with Crippen molar-refractivity contribution in [3.63, 3.8) is 0 Å². The van der Waals surface area contributed by atoms with Crippen molar-refractivity contribution in [3.05, 3.63) is 0 Å². The van der Waals surface area contributed by atoms with Crippen LogP contribution in [0, 0.1) is 11.8 Å². The lowest BCUT2D eigenvalue weighted by atomic mass is 9.99. The molecule has 0 saturated carbocycles. The summed E-state index contributed by atoms with van der Waals surface area (Å²) in [4.78, 5) is 2.64. The minimum atomic E-state index is 0.781. The fourth-order valence-electron chi connectivity index (χ4n) is 2.26. The van der Waals surface area contributed by atoms with E-state index in [0.717, 1.165) is 11.8 Å². The third kappa shape index (κ3) is 6.49. The lowest BCUT2D eigenvalue weighted by molar-refractivity contribution is 0.189. The Kier molecular flexibility index (Phi) is 7.06. The molecule has 1 N–H and O–H groups in total. The molecule has 0 radical (unpaired) electrons. The average molecular weight is 226 g/mol. The van der Waals surface area contributed by atoms with E-state index in [1.54, 1.807) is 0 Å². The summed E-state index contributed by atoms with van der Waals surface area (Å²) in [6, 6.07) is 0. The van der Waals surface area contributed by atoms with E-state index in [-0.39, 0.29) is 0 Å². The SMILES string of the molecule is CC(C)CNCCCCN1CCC(C)CC1. The Labute approximate surface area is 102 Å². The number of hydrogen-bond acceptors (Lipinski definition) is 2. The molecule has 0 aromatic carbocycles. The van der Waals surface area contributed by atoms with Crippen LogP contribution in [0.1, 0.15) is 46.5 Å². The first-order valence-corrected chi connectivity index (χ1v) is 7.11. The van der Waals surface area contributed by atoms with E-state index >= 15 is 0 Å². The highest BCUT2D eigenvalue weighted by atomic mass is 15.1. The lowest BCUT2D eigenvalue weighted by Gasteiger charge is -2.30. The fraction of sp³-hybridized carbons (Fsp3) is 1.00. The van der Waals surface area contributed by atoms with E-state index in [9.17, 15) is 0 Å². The molecular formula is C14H30N2. The number of unbranched alkanes of at least 4 members (excludes halogenated alkanes) is 1. The second-order valence-electron chi connectivity index (χ2n) is 5.83. The number of piperidine rings is 1. The predicted molar refractivity (Wildman–Crippen MR) is 71.8 cm³/mol. The highest BCUT2D eigenvalue weighted by molar-refractivity contribution is 4.69. The van der Waals surface area contributed by atoms with Gasteiger partial charge in [-0.1, -0.05) is 20.8 Å². The van der Waals surface area contributed by atoms with Crippen molar-refractivity contribution >= 4 is 0 Å². The molecule has 0 atom stereocenters. The summed E-state index contributed by atoms with van der Waals surface area (Å²) in [6.07, 6.45) is 5.51. The van der Waals surface area contributed by atoms with Gasteiger partial charge in [0, 0.05) is 0 Å². The first-order valence-electron chi connectivity index (χ1n) is 7.11. The van der Waals surface area contributed by atoms with Crippen LogP contribution in [0.25, 0.3) is 0 Å². The molecular weight excluding hydrogens is 196 g/mol. The smallest absolute Gasteiger partial charge is 0.00162 e. The zero-order valence-corrected chi connectivity index (χ0v) is 11.5. The standard InChI is InChI=1S/C14H30N2/c1-13(2)12-15-8-4-5-9-16-10-6-14(3)7-11-16/h13-15H,4-12H2,1-3H3. The van der Waals surface area contributed by atoms with E-state index < -0.39 is 0 Å². The summed E-state index contributed by atoms with van der Waals surface area (Å²) in [5, 5.41) is 3.51. The third-order valence-corrected chi connectivity index (χ3v) is 3.51. The van der Waals surface area contributed by atoms with E-state index in [0.29, 0.717) is 0 Å². The highest BCUT2D eigenvalue weighted by Gasteiger charge is 2.14. The largest absolute Gasteiger partial charge is 0.316 e. The van der Waals surface area contributed by atoms with Crippen LogP contribution in [-0.2, 0) is 0 Å². The monoisotopic (exact) mass is 226 g/mol. The zero-order valence-electron chi connectivity index (χ0n) is 11.5. The summed E-state index contributed by atoms with van der Waals surface area (Å²) in [7, 11) is 0. The number of nitrogens with one attached hydrogen (secondary N) is 1. The molecule has 16 heavy (non-hydrogen) atoms. The maximum atomic E-state index is 3.51. The molecule has 1 heterocycles. The van der Waals surface area contributed by atoms with E-state index in [2.05, 4.69) is 31.0 Å². The number of likely N-dealkylation sites (tertiary alicyclic amines) is 1. The van der Waals surface area contributed by atoms with Crippen molar-refractivity contribution in [2.45, 2.75) is 46.5 Å². The molecule has 96 valence electrons. The van der Waals surface area contributed by atoms with Crippen LogP contribution in [0.4, 0.5) is 0 Å². The molecule has 0 spiro atoms. The quantitative estimate of drug-likeness (QED) is 0.672. The van der Waals surface area contributed by atoms with Crippen LogP contribution in [0.3, 0.4) is 0 Å². The highest BCUT2D eigenvalue weighted by Crippen LogP contribution is 2.15. The molecule has 1 aliphatic heterocycles. The first kappa shape index (κ1) is 14.0. The Hall–Kier alpha value is -0.0800. The minimum absolute atomic E-state index is 0.781. The number of nitrogens with zero attached hydrogens (tertiary/aromatic N) is 1. The molecule has 1 saturated heterocycles. The zero-order chi connectivity index (χ0) is 11.8. The van der Waals surface area contributed by atoms with Gasteiger partial charge in [-0.3, -0.25) is 0 Å². The third-order valence-electron chi connectivity index (χ3n) is 3.51. The van der Waals surface area contributed by atoms with Crippen LogP contribution >= 0.6 is 0 Å². The normalized spacial score (nSPS) is 19.5. The molecule has 0 aliphatic carbocycles. The van der Waals surface area contributed by atoms with Crippen molar-refractivity contribution < 1.29 is 0 Å². The van der Waals surface area contributed by atoms with Gasteiger partial charge in [-0.2, -0.15) is 0 Å². The van der Waals surface area contributed by atoms with Gasteiger partial charge in [0.05, 0.1) is 0 Å². The van der Waals surface area contributed by atoms with Crippen molar-refractivity contribution in [1.82, 2.24) is 10.2 Å². The summed E-state index contributed by atoms with van der Waals surface area (Å²) in [6.45, 7) is 13.3. The van der Waals surface area contributed by atoms with Gasteiger partial charge in [-0.15, -0.1) is 0 Å². The Balaban J connectivity index is 1.87. The number of rotatable bonds is 7. The fourth-order valence-corrected chi connectivity index (χ4v) is 2.26. The summed E-state index contributed by atoms with van der Waals surface area (Å²) in [5.41, 5.74) is 0. The van der Waals surface area contributed by atoms with Crippen molar-refractivity contribution in [2.24, 2.45) is 11.8 Å². The van der Waals surface area contributed by atoms with Crippen molar-refractivity contribution in [2.75, 3.05) is 32.7 Å². The van der Waals surface area contributed by atoms with Gasteiger partial charge in [0.15, 0.2) is 0 Å². The first-order chi connectivity index (χ1) is 7.68. The maximum Gasteiger partial charge on any atom is -0.00162 e. The molecule has 0 bridgehead atoms. The Bertz CT molecular complexity index is 160. The molecule has 1 fully saturated rings. The van der Waals surface area contributed by atoms with Gasteiger partial charge < -0.3 is 10.2 Å². The summed E-state index contributed by atoms with van der Waals surface area (Å²) in [5.74, 6) is 1.74. The van der Waals surface area contributed by atoms with Gasteiger partial charge in [-0.25, -0.2) is 0 Å². The predicted octanol–water partition coefficient (Wildman–Crippen LogP) is 2.74. The second kappa shape index (κ2) is 8.08. The van der Waals surface area contributed by atoms with Crippen LogP contribution in [0.5, 0.6) is 0 Å². The van der Waals surface area contributed by atoms with Gasteiger partial charge in [0.1, 0.15) is 0 Å². The van der Waals surface area contributed by atoms with Crippen LogP contribution in [0.2, 0.25) is 0 Å². The lowest BCUT2D eigenvalue weighted by Crippen LogP contribution is -2.34. The van der Waals surface area contributed by atoms with Crippen molar-refractivity contribution in [1.29, 1.82) is 0 Å². The molecule has 2 heteroatoms. The Morgan fingerprint density at radius 3 is 2.50 bits per heavy atom. The Morgan fingerprint density at radius 2 is 1.88 bits per heavy atom. The molecule has 0 unspecified atom stereocenters. The van der Waals surface area contributed by atoms with Crippen LogP contribution in [-0.4, -0.2) is 37.6 Å². The van der Waals surface area contributed by atoms with Gasteiger partial charge in [-0.05, 0) is 70.2 Å². The molecule has 0 amide bonds. The molecule has 0 aromatic heterocycles. The maximum absolute atomic E-state index is 3.51. The average Bonchev–Trinajstić information content (AvgIpc) is 2.25. The number of hydrogen-bond donors (Lipinski definition) is 1.